The topological polar surface area (TPSA) is 66.5 Å². The van der Waals surface area contributed by atoms with Gasteiger partial charge in [-0.15, -0.1) is 0 Å². The zero-order chi connectivity index (χ0) is 17.9. The minimum atomic E-state index is -3.63. The van der Waals surface area contributed by atoms with Crippen LogP contribution in [0.2, 0.25) is 0 Å². The summed E-state index contributed by atoms with van der Waals surface area (Å²) in [5.41, 5.74) is 1.02. The Morgan fingerprint density at radius 2 is 1.64 bits per heavy atom. The molecule has 1 heterocycles. The molecule has 1 aliphatic carbocycles. The predicted molar refractivity (Wildman–Crippen MR) is 97.7 cm³/mol. The van der Waals surface area contributed by atoms with Gasteiger partial charge in [0, 0.05) is 12.6 Å². The van der Waals surface area contributed by atoms with Crippen molar-refractivity contribution in [2.45, 2.75) is 75.3 Å². The Balaban J connectivity index is 1.72. The zero-order valence-corrected chi connectivity index (χ0v) is 15.7. The molecule has 3 rings (SSSR count). The minimum absolute atomic E-state index is 0.125. The molecular formula is C19H28N2O3S. The third-order valence-corrected chi connectivity index (χ3v) is 7.26. The van der Waals surface area contributed by atoms with Crippen LogP contribution in [0.15, 0.2) is 29.2 Å². The molecule has 0 aromatic heterocycles. The molecule has 0 spiro atoms. The van der Waals surface area contributed by atoms with E-state index in [2.05, 4.69) is 5.32 Å². The van der Waals surface area contributed by atoms with Gasteiger partial charge in [0.25, 0.3) is 0 Å². The smallest absolute Gasteiger partial charge is 0.243 e. The van der Waals surface area contributed by atoms with Crippen molar-refractivity contribution >= 4 is 15.9 Å². The maximum absolute atomic E-state index is 13.0. The van der Waals surface area contributed by atoms with E-state index in [-0.39, 0.29) is 16.8 Å². The van der Waals surface area contributed by atoms with E-state index >= 15 is 0 Å². The Hall–Kier alpha value is -1.40. The van der Waals surface area contributed by atoms with Gasteiger partial charge in [-0.2, -0.15) is 4.31 Å². The van der Waals surface area contributed by atoms with Crippen LogP contribution < -0.4 is 5.32 Å². The van der Waals surface area contributed by atoms with Gasteiger partial charge in [0.05, 0.1) is 4.90 Å². The first-order valence-electron chi connectivity index (χ1n) is 9.37. The number of amides is 1. The van der Waals surface area contributed by atoms with Gasteiger partial charge in [-0.1, -0.05) is 43.4 Å². The Kier molecular flexibility index (Phi) is 5.79. The summed E-state index contributed by atoms with van der Waals surface area (Å²) in [7, 11) is -3.63. The van der Waals surface area contributed by atoms with Crippen LogP contribution >= 0.6 is 0 Å². The van der Waals surface area contributed by atoms with Gasteiger partial charge in [-0.3, -0.25) is 4.79 Å². The number of nitrogens with one attached hydrogen (secondary N) is 1. The van der Waals surface area contributed by atoms with Gasteiger partial charge < -0.3 is 5.32 Å². The minimum Gasteiger partial charge on any atom is -0.352 e. The number of rotatable bonds is 4. The van der Waals surface area contributed by atoms with Crippen LogP contribution in [0.3, 0.4) is 0 Å². The molecule has 1 amide bonds. The monoisotopic (exact) mass is 364 g/mol. The number of hydrogen-bond donors (Lipinski definition) is 1. The maximum atomic E-state index is 13.0. The molecule has 1 atom stereocenters. The second-order valence-corrected chi connectivity index (χ2v) is 9.17. The summed E-state index contributed by atoms with van der Waals surface area (Å²) in [5.74, 6) is -0.125. The summed E-state index contributed by atoms with van der Waals surface area (Å²) >= 11 is 0. The number of carbonyl (C=O) groups is 1. The lowest BCUT2D eigenvalue weighted by atomic mass is 10.1. The van der Waals surface area contributed by atoms with Crippen LogP contribution in [-0.2, 0) is 14.8 Å². The molecular weight excluding hydrogens is 336 g/mol. The highest BCUT2D eigenvalue weighted by Gasteiger charge is 2.39. The molecule has 5 nitrogen and oxygen atoms in total. The number of hydrogen-bond acceptors (Lipinski definition) is 3. The second kappa shape index (κ2) is 7.87. The van der Waals surface area contributed by atoms with Crippen molar-refractivity contribution in [3.8, 4) is 0 Å². The van der Waals surface area contributed by atoms with E-state index in [0.717, 1.165) is 37.7 Å². The van der Waals surface area contributed by atoms with Crippen LogP contribution in [0.1, 0.15) is 56.9 Å². The number of sulfonamides is 1. The van der Waals surface area contributed by atoms with E-state index < -0.39 is 16.1 Å². The summed E-state index contributed by atoms with van der Waals surface area (Å²) in [6.45, 7) is 2.34. The first kappa shape index (κ1) is 18.4. The lowest BCUT2D eigenvalue weighted by molar-refractivity contribution is -0.125. The SMILES string of the molecule is Cc1ccc(S(=O)(=O)N2CCCC2C(=O)NC2CCCCCC2)cc1. The first-order valence-corrected chi connectivity index (χ1v) is 10.8. The Morgan fingerprint density at radius 1 is 1.00 bits per heavy atom. The molecule has 1 unspecified atom stereocenters. The van der Waals surface area contributed by atoms with Gasteiger partial charge >= 0.3 is 0 Å². The van der Waals surface area contributed by atoms with Crippen LogP contribution in [0.25, 0.3) is 0 Å². The maximum Gasteiger partial charge on any atom is 0.243 e. The molecule has 1 saturated carbocycles. The highest BCUT2D eigenvalue weighted by Crippen LogP contribution is 2.27. The quantitative estimate of drug-likeness (QED) is 0.835. The molecule has 6 heteroatoms. The van der Waals surface area contributed by atoms with E-state index in [4.69, 9.17) is 0 Å². The molecule has 1 aromatic rings. The lowest BCUT2D eigenvalue weighted by Crippen LogP contribution is -2.48. The summed E-state index contributed by atoms with van der Waals surface area (Å²) in [4.78, 5) is 13.0. The Morgan fingerprint density at radius 3 is 2.28 bits per heavy atom. The third-order valence-electron chi connectivity index (χ3n) is 5.34. The van der Waals surface area contributed by atoms with Crippen molar-refractivity contribution in [3.63, 3.8) is 0 Å². The number of benzene rings is 1. The largest absolute Gasteiger partial charge is 0.352 e. The first-order chi connectivity index (χ1) is 12.0. The van der Waals surface area contributed by atoms with Crippen molar-refractivity contribution in [1.82, 2.24) is 9.62 Å². The fraction of sp³-hybridized carbons (Fsp3) is 0.632. The number of nitrogens with zero attached hydrogens (tertiary/aromatic N) is 1. The molecule has 1 aromatic carbocycles. The van der Waals surface area contributed by atoms with E-state index in [0.29, 0.717) is 13.0 Å². The summed E-state index contributed by atoms with van der Waals surface area (Å²) in [6, 6.07) is 6.47. The number of aryl methyl sites for hydroxylation is 1. The van der Waals surface area contributed by atoms with Crippen LogP contribution in [0, 0.1) is 6.92 Å². The molecule has 0 bridgehead atoms. The van der Waals surface area contributed by atoms with Crippen molar-refractivity contribution in [1.29, 1.82) is 0 Å². The third kappa shape index (κ3) is 4.23. The molecule has 1 N–H and O–H groups in total. The van der Waals surface area contributed by atoms with E-state index in [1.54, 1.807) is 24.3 Å². The fourth-order valence-corrected chi connectivity index (χ4v) is 5.51. The van der Waals surface area contributed by atoms with Gasteiger partial charge in [-0.25, -0.2) is 8.42 Å². The van der Waals surface area contributed by atoms with Crippen molar-refractivity contribution < 1.29 is 13.2 Å². The fourth-order valence-electron chi connectivity index (χ4n) is 3.86. The molecule has 25 heavy (non-hydrogen) atoms. The van der Waals surface area contributed by atoms with Crippen LogP contribution in [0.5, 0.6) is 0 Å². The highest BCUT2D eigenvalue weighted by molar-refractivity contribution is 7.89. The molecule has 1 aliphatic heterocycles. The van der Waals surface area contributed by atoms with E-state index in [1.165, 1.54) is 17.1 Å². The van der Waals surface area contributed by atoms with E-state index in [1.807, 2.05) is 6.92 Å². The normalized spacial score (nSPS) is 23.3. The highest BCUT2D eigenvalue weighted by atomic mass is 32.2. The standard InChI is InChI=1S/C19H28N2O3S/c1-15-10-12-17(13-11-15)25(23,24)21-14-6-9-18(21)19(22)20-16-7-4-2-3-5-8-16/h10-13,16,18H,2-9,14H2,1H3,(H,20,22). The van der Waals surface area contributed by atoms with Crippen molar-refractivity contribution in [2.24, 2.45) is 0 Å². The van der Waals surface area contributed by atoms with Crippen LogP contribution in [0.4, 0.5) is 0 Å². The van der Waals surface area contributed by atoms with Gasteiger partial charge in [0.2, 0.25) is 15.9 Å². The average Bonchev–Trinajstić information content (AvgIpc) is 2.96. The second-order valence-electron chi connectivity index (χ2n) is 7.28. The summed E-state index contributed by atoms with van der Waals surface area (Å²) in [5, 5.41) is 3.12. The lowest BCUT2D eigenvalue weighted by Gasteiger charge is -2.26. The van der Waals surface area contributed by atoms with Gasteiger partial charge in [-0.05, 0) is 44.7 Å². The molecule has 2 aliphatic rings. The summed E-state index contributed by atoms with van der Waals surface area (Å²) < 4.78 is 27.3. The van der Waals surface area contributed by atoms with Crippen LogP contribution in [-0.4, -0.2) is 37.3 Å². The average molecular weight is 365 g/mol. The summed E-state index contributed by atoms with van der Waals surface area (Å²) in [6.07, 6.45) is 8.07. The van der Waals surface area contributed by atoms with Gasteiger partial charge in [0.15, 0.2) is 0 Å². The predicted octanol–water partition coefficient (Wildman–Crippen LogP) is 2.99. The number of carbonyl (C=O) groups excluding carboxylic acids is 1. The molecule has 138 valence electrons. The molecule has 1 saturated heterocycles. The van der Waals surface area contributed by atoms with Crippen molar-refractivity contribution in [3.05, 3.63) is 29.8 Å². The van der Waals surface area contributed by atoms with Crippen molar-refractivity contribution in [2.75, 3.05) is 6.54 Å². The molecule has 0 radical (unpaired) electrons. The Labute approximate surface area is 150 Å². The van der Waals surface area contributed by atoms with E-state index in [9.17, 15) is 13.2 Å². The van der Waals surface area contributed by atoms with Gasteiger partial charge in [0.1, 0.15) is 6.04 Å². The molecule has 2 fully saturated rings. The Bertz CT molecular complexity index is 692. The zero-order valence-electron chi connectivity index (χ0n) is 14.9.